The molecule has 0 amide bonds. The van der Waals surface area contributed by atoms with Gasteiger partial charge in [-0.15, -0.1) is 0 Å². The Bertz CT molecular complexity index is 1270. The molecule has 1 heterocycles. The van der Waals surface area contributed by atoms with E-state index in [0.717, 1.165) is 11.1 Å². The van der Waals surface area contributed by atoms with E-state index in [2.05, 4.69) is 4.72 Å². The van der Waals surface area contributed by atoms with Crippen molar-refractivity contribution >= 4 is 38.6 Å². The molecule has 0 aliphatic carbocycles. The van der Waals surface area contributed by atoms with Crippen molar-refractivity contribution in [1.82, 2.24) is 4.72 Å². The topological polar surface area (TPSA) is 103 Å². The summed E-state index contributed by atoms with van der Waals surface area (Å²) in [5.41, 5.74) is 1.35. The smallest absolute Gasteiger partial charge is 0.336 e. The lowest BCUT2D eigenvalue weighted by Crippen LogP contribution is -2.40. The number of esters is 1. The van der Waals surface area contributed by atoms with Gasteiger partial charge in [0.15, 0.2) is 5.75 Å². The number of aryl methyl sites for hydroxylation is 2. The van der Waals surface area contributed by atoms with E-state index in [1.54, 1.807) is 18.2 Å². The molecule has 0 radical (unpaired) electrons. The van der Waals surface area contributed by atoms with E-state index in [0.29, 0.717) is 11.8 Å². The fourth-order valence-electron chi connectivity index (χ4n) is 2.86. The van der Waals surface area contributed by atoms with Crippen LogP contribution in [-0.2, 0) is 21.2 Å². The molecule has 0 bridgehead atoms. The van der Waals surface area contributed by atoms with Gasteiger partial charge >= 0.3 is 11.6 Å². The average Bonchev–Trinajstić information content (AvgIpc) is 2.68. The first-order chi connectivity index (χ1) is 14.1. The quantitative estimate of drug-likeness (QED) is 0.350. The fraction of sp³-hybridized carbons (Fsp3) is 0.238. The van der Waals surface area contributed by atoms with Crippen LogP contribution in [0, 0.1) is 6.92 Å². The summed E-state index contributed by atoms with van der Waals surface area (Å²) in [4.78, 5) is 24.2. The largest absolute Gasteiger partial charge is 0.424 e. The van der Waals surface area contributed by atoms with Crippen molar-refractivity contribution in [2.75, 3.05) is 0 Å². The normalized spacial score (nSPS) is 12.7. The van der Waals surface area contributed by atoms with Crippen LogP contribution in [0.25, 0.3) is 11.0 Å². The van der Waals surface area contributed by atoms with Crippen LogP contribution in [0.2, 0.25) is 5.02 Å². The first-order valence-electron chi connectivity index (χ1n) is 9.17. The van der Waals surface area contributed by atoms with Crippen molar-refractivity contribution in [3.8, 4) is 5.75 Å². The van der Waals surface area contributed by atoms with Gasteiger partial charge in [-0.3, -0.25) is 0 Å². The van der Waals surface area contributed by atoms with Gasteiger partial charge in [0, 0.05) is 17.5 Å². The zero-order valence-electron chi connectivity index (χ0n) is 16.6. The molecule has 9 heteroatoms. The van der Waals surface area contributed by atoms with Crippen LogP contribution < -0.4 is 15.1 Å². The molecule has 3 aromatic rings. The van der Waals surface area contributed by atoms with Crippen molar-refractivity contribution in [3.05, 3.63) is 69.0 Å². The molecule has 0 saturated heterocycles. The number of carbonyl (C=O) groups is 1. The first kappa shape index (κ1) is 22.0. The number of halogens is 1. The molecule has 30 heavy (non-hydrogen) atoms. The third kappa shape index (κ3) is 4.72. The zero-order chi connectivity index (χ0) is 22.1. The maximum atomic E-state index is 12.5. The summed E-state index contributed by atoms with van der Waals surface area (Å²) >= 11 is 6.23. The minimum absolute atomic E-state index is 0.0327. The molecule has 0 aliphatic heterocycles. The van der Waals surface area contributed by atoms with Crippen LogP contribution in [0.5, 0.6) is 5.75 Å². The molecule has 1 aromatic heterocycles. The van der Waals surface area contributed by atoms with Gasteiger partial charge in [0.05, 0.1) is 9.92 Å². The van der Waals surface area contributed by atoms with Crippen molar-refractivity contribution in [2.24, 2.45) is 0 Å². The summed E-state index contributed by atoms with van der Waals surface area (Å²) in [7, 11) is -3.92. The zero-order valence-corrected chi connectivity index (χ0v) is 18.1. The standard InChI is InChI=1S/C21H20ClNO6S/c1-4-14-9-20(24)28-18-11-19(17(22)10-16(14)18)29-21(25)13(3)23-30(26,27)15-7-5-12(2)6-8-15/h5-11,13,23H,4H2,1-3H3/t13-/m1/s1. The molecule has 0 unspecified atom stereocenters. The maximum absolute atomic E-state index is 12.5. The van der Waals surface area contributed by atoms with Gasteiger partial charge in [0.25, 0.3) is 0 Å². The summed E-state index contributed by atoms with van der Waals surface area (Å²) in [6, 6.07) is 9.30. The van der Waals surface area contributed by atoms with E-state index in [-0.39, 0.29) is 21.3 Å². The van der Waals surface area contributed by atoms with Crippen LogP contribution in [0.15, 0.2) is 56.6 Å². The highest BCUT2D eigenvalue weighted by molar-refractivity contribution is 7.89. The van der Waals surface area contributed by atoms with Gasteiger partial charge in [-0.25, -0.2) is 18.0 Å². The van der Waals surface area contributed by atoms with E-state index >= 15 is 0 Å². The monoisotopic (exact) mass is 449 g/mol. The van der Waals surface area contributed by atoms with Gasteiger partial charge < -0.3 is 9.15 Å². The predicted octanol–water partition coefficient (Wildman–Crippen LogP) is 3.59. The highest BCUT2D eigenvalue weighted by atomic mass is 35.5. The fourth-order valence-corrected chi connectivity index (χ4v) is 4.26. The maximum Gasteiger partial charge on any atom is 0.336 e. The number of nitrogens with one attached hydrogen (secondary N) is 1. The molecular weight excluding hydrogens is 430 g/mol. The molecule has 0 fully saturated rings. The molecule has 0 spiro atoms. The van der Waals surface area contributed by atoms with Gasteiger partial charge in [-0.05, 0) is 44.0 Å². The molecule has 0 saturated carbocycles. The highest BCUT2D eigenvalue weighted by Crippen LogP contribution is 2.31. The number of ether oxygens (including phenoxy) is 1. The highest BCUT2D eigenvalue weighted by Gasteiger charge is 2.24. The summed E-state index contributed by atoms with van der Waals surface area (Å²) in [5, 5.41) is 0.767. The summed E-state index contributed by atoms with van der Waals surface area (Å²) in [6.45, 7) is 5.08. The third-order valence-corrected chi connectivity index (χ3v) is 6.34. The van der Waals surface area contributed by atoms with Crippen molar-refractivity contribution in [3.63, 3.8) is 0 Å². The third-order valence-electron chi connectivity index (χ3n) is 4.49. The lowest BCUT2D eigenvalue weighted by molar-refractivity contribution is -0.135. The van der Waals surface area contributed by atoms with Gasteiger partial charge in [0.1, 0.15) is 11.6 Å². The van der Waals surface area contributed by atoms with Crippen LogP contribution >= 0.6 is 11.6 Å². The van der Waals surface area contributed by atoms with E-state index in [4.69, 9.17) is 20.8 Å². The Morgan fingerprint density at radius 1 is 1.20 bits per heavy atom. The lowest BCUT2D eigenvalue weighted by Gasteiger charge is -2.15. The molecular formula is C21H20ClNO6S. The van der Waals surface area contributed by atoms with Gasteiger partial charge in [-0.1, -0.05) is 36.2 Å². The molecule has 2 aromatic carbocycles. The molecule has 158 valence electrons. The Morgan fingerprint density at radius 2 is 1.87 bits per heavy atom. The van der Waals surface area contributed by atoms with Crippen molar-refractivity contribution in [1.29, 1.82) is 0 Å². The second-order valence-corrected chi connectivity index (χ2v) is 8.92. The van der Waals surface area contributed by atoms with Crippen LogP contribution in [-0.4, -0.2) is 20.4 Å². The molecule has 1 N–H and O–H groups in total. The number of rotatable bonds is 6. The van der Waals surface area contributed by atoms with Crippen LogP contribution in [0.1, 0.15) is 25.0 Å². The van der Waals surface area contributed by atoms with Gasteiger partial charge in [-0.2, -0.15) is 4.72 Å². The Labute approximate surface area is 178 Å². The molecule has 7 nitrogen and oxygen atoms in total. The number of fused-ring (bicyclic) bond motifs is 1. The summed E-state index contributed by atoms with van der Waals surface area (Å²) in [5.74, 6) is -0.895. The number of carbonyl (C=O) groups excluding carboxylic acids is 1. The SMILES string of the molecule is CCc1cc(=O)oc2cc(OC(=O)[C@@H](C)NS(=O)(=O)c3ccc(C)cc3)c(Cl)cc12. The summed E-state index contributed by atoms with van der Waals surface area (Å²) in [6.07, 6.45) is 0.593. The second kappa shape index (κ2) is 8.59. The summed E-state index contributed by atoms with van der Waals surface area (Å²) < 4.78 is 37.7. The van der Waals surface area contributed by atoms with Crippen LogP contribution in [0.4, 0.5) is 0 Å². The number of sulfonamides is 1. The Morgan fingerprint density at radius 3 is 2.50 bits per heavy atom. The lowest BCUT2D eigenvalue weighted by atomic mass is 10.1. The van der Waals surface area contributed by atoms with E-state index in [1.807, 2.05) is 13.8 Å². The Kier molecular flexibility index (Phi) is 6.30. The van der Waals surface area contributed by atoms with Crippen molar-refractivity contribution in [2.45, 2.75) is 38.1 Å². The second-order valence-electron chi connectivity index (χ2n) is 6.80. The number of hydrogen-bond donors (Lipinski definition) is 1. The Balaban J connectivity index is 1.82. The minimum Gasteiger partial charge on any atom is -0.424 e. The van der Waals surface area contributed by atoms with E-state index in [1.165, 1.54) is 31.2 Å². The van der Waals surface area contributed by atoms with E-state index < -0.39 is 27.7 Å². The predicted molar refractivity (Wildman–Crippen MR) is 113 cm³/mol. The Hall–Kier alpha value is -2.68. The van der Waals surface area contributed by atoms with Gasteiger partial charge in [0.2, 0.25) is 10.0 Å². The first-order valence-corrected chi connectivity index (χ1v) is 11.0. The van der Waals surface area contributed by atoms with Crippen molar-refractivity contribution < 1.29 is 22.4 Å². The average molecular weight is 450 g/mol. The molecule has 3 rings (SSSR count). The van der Waals surface area contributed by atoms with E-state index in [9.17, 15) is 18.0 Å². The number of benzene rings is 2. The molecule has 0 aliphatic rings. The minimum atomic E-state index is -3.92. The number of hydrogen-bond acceptors (Lipinski definition) is 6. The van der Waals surface area contributed by atoms with Crippen LogP contribution in [0.3, 0.4) is 0 Å². The molecule has 1 atom stereocenters.